The smallest absolute Gasteiger partial charge is 0.427 e. The van der Waals surface area contributed by atoms with E-state index in [1.165, 1.54) is 6.07 Å². The first-order chi connectivity index (χ1) is 59.5. The van der Waals surface area contributed by atoms with Crippen molar-refractivity contribution in [2.45, 2.75) is 180 Å². The predicted octanol–water partition coefficient (Wildman–Crippen LogP) is 12.5. The van der Waals surface area contributed by atoms with E-state index in [1.807, 2.05) is 107 Å². The molecule has 0 atom stereocenters. The highest BCUT2D eigenvalue weighted by atomic mass is 32.1. The van der Waals surface area contributed by atoms with Crippen molar-refractivity contribution in [3.05, 3.63) is 222 Å². The van der Waals surface area contributed by atoms with Gasteiger partial charge in [-0.25, -0.2) is 34.9 Å². The van der Waals surface area contributed by atoms with Crippen molar-refractivity contribution in [3.8, 4) is 34.3 Å². The Bertz CT molecular complexity index is 5510. The number of nitro groups is 1. The lowest BCUT2D eigenvalue weighted by molar-refractivity contribution is -0.383. The third-order valence-corrected chi connectivity index (χ3v) is 20.6. The normalized spacial score (nSPS) is 11.2. The van der Waals surface area contributed by atoms with Gasteiger partial charge in [-0.05, 0) is 161 Å². The summed E-state index contributed by atoms with van der Waals surface area (Å²) >= 11 is 1.55. The molecule has 15 rings (SSSR count). The van der Waals surface area contributed by atoms with Gasteiger partial charge in [0.15, 0.2) is 11.3 Å². The molecule has 5 aromatic carbocycles. The second kappa shape index (κ2) is 48.8. The van der Waals surface area contributed by atoms with Gasteiger partial charge in [0.2, 0.25) is 5.82 Å². The molecular weight excluding hydrogens is 1600 g/mol. The number of nitro benzene ring substituents is 1. The molecule has 10 aromatic heterocycles. The van der Waals surface area contributed by atoms with Crippen molar-refractivity contribution in [2.75, 3.05) is 0 Å². The zero-order valence-electron chi connectivity index (χ0n) is 68.0. The van der Waals surface area contributed by atoms with Crippen LogP contribution in [-0.4, -0.2) is 185 Å². The van der Waals surface area contributed by atoms with Crippen LogP contribution >= 0.6 is 11.3 Å². The van der Waals surface area contributed by atoms with Crippen molar-refractivity contribution >= 4 is 126 Å². The van der Waals surface area contributed by atoms with Crippen LogP contribution in [0.1, 0.15) is 102 Å². The summed E-state index contributed by atoms with van der Waals surface area (Å²) in [5, 5.41) is 119. The zero-order valence-corrected chi connectivity index (χ0v) is 68.8. The van der Waals surface area contributed by atoms with Gasteiger partial charge in [0.05, 0.1) is 84.5 Å². The van der Waals surface area contributed by atoms with E-state index < -0.39 is 59.6 Å². The monoisotopic (exact) mass is 1700 g/mol. The Hall–Kier alpha value is -10.9. The van der Waals surface area contributed by atoms with Crippen LogP contribution in [0.3, 0.4) is 0 Å². The Labute approximate surface area is 714 Å². The van der Waals surface area contributed by atoms with Crippen LogP contribution in [0.15, 0.2) is 206 Å². The molecule has 15 aromatic rings. The fraction of sp³-hybridized carbons (Fsp3) is 0.341. The molecule has 0 fully saturated rings. The number of unbranched alkanes of at least 4 members (excludes halogenated alkanes) is 9. The molecule has 0 saturated carbocycles. The molecule has 0 aliphatic carbocycles. The number of pyridine rings is 3. The molecule has 31 nitrogen and oxygen atoms in total. The van der Waals surface area contributed by atoms with E-state index in [-0.39, 0.29) is 18.6 Å². The lowest BCUT2D eigenvalue weighted by atomic mass is 9.83. The minimum absolute atomic E-state index is 0.0182. The van der Waals surface area contributed by atoms with E-state index >= 15 is 0 Å². The molecule has 0 radical (unpaired) electrons. The van der Waals surface area contributed by atoms with Crippen molar-refractivity contribution in [1.29, 1.82) is 0 Å². The van der Waals surface area contributed by atoms with Gasteiger partial charge in [0, 0.05) is 92.8 Å². The molecule has 41 heteroatoms. The number of hydrogen-bond donors (Lipinski definition) is 12. The van der Waals surface area contributed by atoms with E-state index in [4.69, 9.17) is 70.3 Å². The Morgan fingerprint density at radius 2 is 0.756 bits per heavy atom. The number of hydrogen-bond acceptors (Lipinski definition) is 25. The standard InChI is InChI=1S/2C17H20BN3O2.C14H16BN3O2S.C12H14BF3N2O2.C12H16BN3O4.C10H14BN3O2/c22-18(23)10-4-1-5-12-21-16-9-3-2-8-15(16)20-17(21)14-7-6-11-19-13-14;22-18(23)10-4-1-5-13-21-16-7-3-2-6-15(16)20-17(21)14-8-11-19-12-9-14;19-15(20)7-3-4-8-18-13-6-2-1-5-11(13)17-14(18)12-9-21-10-16-12;14-12(15,16)11-17-9-5-1-2-6-10(9)18(11)8-4-3-7-13(19)20;17-13(18)7-2-1-3-8-15-9-14-12-10(15)5-4-6-11(12)16(19)20;15-11(16)4-1-2-6-14-8-13-9-7-12-5-3-10(9)14/h2-3,6-9,11,13,22-23H,1,4-5,10,12H2;2-3,6-9,11-12,22-23H,1,4-5,10,13H2;1-2,5-6,9-10,19-20H,3-4,7-8H2;1-2,5-6,19-20H,3-4,7-8H2;4-6,9,17-18H,1-3,7-8H2;3,5,7-8,15-16H,1-2,4,6H2. The number of non-ortho nitro benzene ring substituents is 1. The number of fused-ring (bicyclic) bond motifs is 6. The van der Waals surface area contributed by atoms with Gasteiger partial charge < -0.3 is 87.7 Å². The second-order valence-corrected chi connectivity index (χ2v) is 29.9. The molecule has 0 aliphatic rings. The van der Waals surface area contributed by atoms with Gasteiger partial charge in [-0.3, -0.25) is 25.1 Å². The van der Waals surface area contributed by atoms with E-state index in [0.29, 0.717) is 67.5 Å². The lowest BCUT2D eigenvalue weighted by Gasteiger charge is -2.11. The SMILES string of the molecule is O=[N+]([O-])c1cccc2c1ncn2CCCCCB(O)O.OB(O)CCCCCn1c(-c2cccnc2)nc2ccccc21.OB(O)CCCCCn1c(-c2ccncc2)nc2ccccc21.OB(O)CCCCn1c(-c2cscn2)nc2ccccc21.OB(O)CCCCn1c(C(F)(F)F)nc2ccccc21.OB(O)CCCCn1cnc2cnccc21. The summed E-state index contributed by atoms with van der Waals surface area (Å²) in [6.07, 6.45) is 23.9. The fourth-order valence-electron chi connectivity index (χ4n) is 14.0. The quantitative estimate of drug-likeness (QED) is 0.00744. The van der Waals surface area contributed by atoms with Crippen LogP contribution in [0, 0.1) is 10.1 Å². The van der Waals surface area contributed by atoms with E-state index in [1.54, 1.807) is 90.8 Å². The molecule has 10 heterocycles. The summed E-state index contributed by atoms with van der Waals surface area (Å²) in [7, 11) is -7.47. The minimum Gasteiger partial charge on any atom is -0.427 e. The van der Waals surface area contributed by atoms with Crippen LogP contribution in [0.4, 0.5) is 18.9 Å². The van der Waals surface area contributed by atoms with Crippen molar-refractivity contribution in [2.24, 2.45) is 0 Å². The second-order valence-electron chi connectivity index (χ2n) is 29.2. The van der Waals surface area contributed by atoms with Crippen LogP contribution in [-0.2, 0) is 45.4 Å². The van der Waals surface area contributed by atoms with Crippen LogP contribution in [0.2, 0.25) is 37.9 Å². The van der Waals surface area contributed by atoms with E-state index in [0.717, 1.165) is 198 Å². The Balaban J connectivity index is 0.000000155. The largest absolute Gasteiger partial charge is 0.451 e. The number of rotatable bonds is 37. The van der Waals surface area contributed by atoms with Crippen molar-refractivity contribution < 1.29 is 78.4 Å². The first-order valence-electron chi connectivity index (χ1n) is 41.1. The first kappa shape index (κ1) is 94.4. The van der Waals surface area contributed by atoms with Gasteiger partial charge in [-0.15, -0.1) is 11.3 Å². The minimum atomic E-state index is -4.50. The number of imidazole rings is 6. The number of halogens is 3. The highest BCUT2D eigenvalue weighted by Crippen LogP contribution is 2.34. The molecular formula is C82H100B6F3N17O14S. The molecule has 0 aliphatic heterocycles. The molecule has 0 unspecified atom stereocenters. The van der Waals surface area contributed by atoms with Gasteiger partial charge in [0.1, 0.15) is 22.9 Å². The molecule has 0 spiro atoms. The predicted molar refractivity (Wildman–Crippen MR) is 475 cm³/mol. The average Bonchev–Trinajstić information content (AvgIpc) is 1.62. The fourth-order valence-corrected chi connectivity index (χ4v) is 14.5. The van der Waals surface area contributed by atoms with Crippen LogP contribution in [0.25, 0.3) is 100 Å². The number of thiazole rings is 1. The molecule has 123 heavy (non-hydrogen) atoms. The van der Waals surface area contributed by atoms with Crippen molar-refractivity contribution in [1.82, 2.24) is 77.2 Å². The Morgan fingerprint density at radius 1 is 0.358 bits per heavy atom. The number of para-hydroxylation sites is 9. The zero-order chi connectivity index (χ0) is 87.5. The maximum absolute atomic E-state index is 13.0. The summed E-state index contributed by atoms with van der Waals surface area (Å²) in [4.78, 5) is 53.3. The van der Waals surface area contributed by atoms with Crippen LogP contribution in [0.5, 0.6) is 0 Å². The van der Waals surface area contributed by atoms with E-state index in [2.05, 4.69) is 76.3 Å². The Morgan fingerprint density at radius 3 is 1.23 bits per heavy atom. The molecule has 642 valence electrons. The number of benzene rings is 5. The maximum Gasteiger partial charge on any atom is 0.451 e. The maximum atomic E-state index is 13.0. The number of alkyl halides is 3. The molecule has 0 saturated heterocycles. The van der Waals surface area contributed by atoms with Gasteiger partial charge >= 0.3 is 48.9 Å². The third kappa shape index (κ3) is 28.8. The third-order valence-electron chi connectivity index (χ3n) is 20.0. The summed E-state index contributed by atoms with van der Waals surface area (Å²) in [5.74, 6) is 1.85. The highest BCUT2D eigenvalue weighted by Gasteiger charge is 2.37. The van der Waals surface area contributed by atoms with Crippen molar-refractivity contribution in [3.63, 3.8) is 0 Å². The van der Waals surface area contributed by atoms with Gasteiger partial charge in [0.25, 0.3) is 5.69 Å². The number of aromatic nitrogens is 16. The molecule has 0 bridgehead atoms. The number of aryl methyl sites for hydroxylation is 6. The summed E-state index contributed by atoms with van der Waals surface area (Å²) in [5.41, 5.74) is 14.9. The Kier molecular flexibility index (Phi) is 37.4. The summed E-state index contributed by atoms with van der Waals surface area (Å²) in [6, 6.07) is 45.5. The summed E-state index contributed by atoms with van der Waals surface area (Å²) in [6.45, 7) is 4.19. The highest BCUT2D eigenvalue weighted by molar-refractivity contribution is 7.07. The van der Waals surface area contributed by atoms with Crippen LogP contribution < -0.4 is 0 Å². The average molecular weight is 1700 g/mol. The van der Waals surface area contributed by atoms with Gasteiger partial charge in [-0.1, -0.05) is 112 Å². The first-order valence-corrected chi connectivity index (χ1v) is 42.0. The molecule has 12 N–H and O–H groups in total. The number of nitrogens with zero attached hydrogens (tertiary/aromatic N) is 17. The lowest BCUT2D eigenvalue weighted by Crippen LogP contribution is -2.16. The molecule has 0 amide bonds. The van der Waals surface area contributed by atoms with Gasteiger partial charge in [-0.2, -0.15) is 13.2 Å². The van der Waals surface area contributed by atoms with E-state index in [9.17, 15) is 23.3 Å². The topological polar surface area (TPSA) is 444 Å². The summed E-state index contributed by atoms with van der Waals surface area (Å²) < 4.78 is 50.6.